The predicted molar refractivity (Wildman–Crippen MR) is 53.1 cm³/mol. The Morgan fingerprint density at radius 2 is 2.00 bits per heavy atom. The number of hydrogen-bond acceptors (Lipinski definition) is 3. The average molecular weight is 184 g/mol. The lowest BCUT2D eigenvalue weighted by Crippen LogP contribution is -2.24. The Balaban J connectivity index is 2.38. The number of nitrogens with zero attached hydrogens (tertiary/aromatic N) is 3. The Labute approximate surface area is 80.2 Å². The van der Waals surface area contributed by atoms with Gasteiger partial charge in [-0.25, -0.2) is 4.68 Å². The predicted octanol–water partition coefficient (Wildman–Crippen LogP) is -0.598. The highest BCUT2D eigenvalue weighted by molar-refractivity contribution is 5.47. The molecule has 14 heavy (non-hydrogen) atoms. The molecule has 1 N–H and O–H groups in total. The van der Waals surface area contributed by atoms with E-state index in [4.69, 9.17) is 0 Å². The van der Waals surface area contributed by atoms with Gasteiger partial charge in [-0.2, -0.15) is 0 Å². The number of hydrogen-bond donors (Lipinski definition) is 1. The standard InChI is InChI=1S/C10H8N4/c1-2-4-9-6-12-14-7-11-13-10(14)5-8(9)3-1/h1-7,12H. The smallest absolute Gasteiger partial charge is 0.175 e. The van der Waals surface area contributed by atoms with Crippen molar-refractivity contribution in [3.8, 4) is 0 Å². The third-order valence-corrected chi connectivity index (χ3v) is 2.21. The lowest BCUT2D eigenvalue weighted by atomic mass is 10.2. The fourth-order valence-electron chi connectivity index (χ4n) is 1.49. The molecule has 1 aromatic heterocycles. The fourth-order valence-corrected chi connectivity index (χ4v) is 1.49. The Hall–Kier alpha value is -2.10. The van der Waals surface area contributed by atoms with Crippen molar-refractivity contribution in [3.05, 3.63) is 46.9 Å². The summed E-state index contributed by atoms with van der Waals surface area (Å²) in [5.41, 5.74) is 3.10. The van der Waals surface area contributed by atoms with Crippen molar-refractivity contribution in [2.24, 2.45) is 0 Å². The molecule has 68 valence electrons. The first kappa shape index (κ1) is 7.32. The first-order valence-corrected chi connectivity index (χ1v) is 4.37. The Kier molecular flexibility index (Phi) is 1.41. The summed E-state index contributed by atoms with van der Waals surface area (Å²) in [5.74, 6) is 0.811. The van der Waals surface area contributed by atoms with Gasteiger partial charge in [-0.05, 0) is 16.5 Å². The second-order valence-corrected chi connectivity index (χ2v) is 3.11. The summed E-state index contributed by atoms with van der Waals surface area (Å²) < 4.78 is 1.78. The van der Waals surface area contributed by atoms with E-state index < -0.39 is 0 Å². The molecule has 0 fully saturated rings. The zero-order chi connectivity index (χ0) is 9.38. The van der Waals surface area contributed by atoms with Crippen molar-refractivity contribution in [2.75, 3.05) is 5.43 Å². The second-order valence-electron chi connectivity index (χ2n) is 3.11. The molecule has 1 aromatic carbocycles. The summed E-state index contributed by atoms with van der Waals surface area (Å²) >= 11 is 0. The van der Waals surface area contributed by atoms with Crippen LogP contribution >= 0.6 is 0 Å². The van der Waals surface area contributed by atoms with Crippen LogP contribution < -0.4 is 15.9 Å². The molecule has 0 saturated heterocycles. The van der Waals surface area contributed by atoms with Crippen LogP contribution in [0, 0.1) is 0 Å². The number of nitrogens with one attached hydrogen (secondary N) is 1. The van der Waals surface area contributed by atoms with Gasteiger partial charge in [-0.1, -0.05) is 24.3 Å². The van der Waals surface area contributed by atoms with Gasteiger partial charge < -0.3 is 0 Å². The van der Waals surface area contributed by atoms with Crippen LogP contribution in [0.25, 0.3) is 12.3 Å². The third kappa shape index (κ3) is 1.01. The topological polar surface area (TPSA) is 42.7 Å². The molecule has 4 nitrogen and oxygen atoms in total. The van der Waals surface area contributed by atoms with Gasteiger partial charge in [0.2, 0.25) is 0 Å². The molecule has 0 spiro atoms. The number of rotatable bonds is 0. The minimum Gasteiger partial charge on any atom is -0.298 e. The van der Waals surface area contributed by atoms with Crippen LogP contribution in [0.15, 0.2) is 30.6 Å². The van der Waals surface area contributed by atoms with Crippen molar-refractivity contribution in [1.82, 2.24) is 14.9 Å². The summed E-state index contributed by atoms with van der Waals surface area (Å²) in [6, 6.07) is 8.13. The van der Waals surface area contributed by atoms with Gasteiger partial charge in [0.15, 0.2) is 5.82 Å². The normalized spacial score (nSPS) is 12.6. The molecule has 3 rings (SSSR count). The van der Waals surface area contributed by atoms with Crippen molar-refractivity contribution < 1.29 is 0 Å². The highest BCUT2D eigenvalue weighted by Gasteiger charge is 2.01. The molecule has 0 unspecified atom stereocenters. The molecular formula is C10H8N4. The van der Waals surface area contributed by atoms with E-state index in [9.17, 15) is 0 Å². The molecule has 1 aliphatic rings. The molecule has 4 heteroatoms. The monoisotopic (exact) mass is 184 g/mol. The van der Waals surface area contributed by atoms with E-state index in [2.05, 4.69) is 27.8 Å². The van der Waals surface area contributed by atoms with Crippen LogP contribution in [0.3, 0.4) is 0 Å². The van der Waals surface area contributed by atoms with E-state index in [-0.39, 0.29) is 0 Å². The van der Waals surface area contributed by atoms with E-state index in [0.29, 0.717) is 0 Å². The molecular weight excluding hydrogens is 176 g/mol. The van der Waals surface area contributed by atoms with Crippen LogP contribution in [-0.2, 0) is 0 Å². The molecule has 0 amide bonds. The maximum Gasteiger partial charge on any atom is 0.175 e. The first-order valence-electron chi connectivity index (χ1n) is 4.37. The summed E-state index contributed by atoms with van der Waals surface area (Å²) in [5, 5.41) is 10.1. The lowest BCUT2D eigenvalue weighted by Gasteiger charge is -1.98. The zero-order valence-electron chi connectivity index (χ0n) is 7.38. The van der Waals surface area contributed by atoms with Gasteiger partial charge in [0.1, 0.15) is 6.33 Å². The van der Waals surface area contributed by atoms with Crippen LogP contribution in [-0.4, -0.2) is 14.9 Å². The van der Waals surface area contributed by atoms with E-state index in [0.717, 1.165) is 16.3 Å². The van der Waals surface area contributed by atoms with Crippen molar-refractivity contribution in [1.29, 1.82) is 0 Å². The van der Waals surface area contributed by atoms with E-state index in [1.807, 2.05) is 24.4 Å². The highest BCUT2D eigenvalue weighted by atomic mass is 15.5. The first-order chi connectivity index (χ1) is 6.93. The summed E-state index contributed by atoms with van der Waals surface area (Å²) in [6.45, 7) is 0. The summed E-state index contributed by atoms with van der Waals surface area (Å²) in [6.07, 6.45) is 5.58. The van der Waals surface area contributed by atoms with Gasteiger partial charge in [-0.15, -0.1) is 10.2 Å². The SMILES string of the molecule is C1=c2ccccc2=Cc2nncn2N1. The molecule has 2 heterocycles. The minimum absolute atomic E-state index is 0.811. The molecule has 0 saturated carbocycles. The largest absolute Gasteiger partial charge is 0.298 e. The van der Waals surface area contributed by atoms with E-state index >= 15 is 0 Å². The Morgan fingerprint density at radius 1 is 1.14 bits per heavy atom. The van der Waals surface area contributed by atoms with Crippen LogP contribution in [0.5, 0.6) is 0 Å². The Morgan fingerprint density at radius 3 is 2.93 bits per heavy atom. The van der Waals surface area contributed by atoms with E-state index in [1.165, 1.54) is 0 Å². The minimum atomic E-state index is 0.811. The van der Waals surface area contributed by atoms with Crippen LogP contribution in [0.4, 0.5) is 0 Å². The van der Waals surface area contributed by atoms with Gasteiger partial charge in [0.05, 0.1) is 0 Å². The summed E-state index contributed by atoms with van der Waals surface area (Å²) in [4.78, 5) is 0. The van der Waals surface area contributed by atoms with E-state index in [1.54, 1.807) is 11.0 Å². The van der Waals surface area contributed by atoms with Gasteiger partial charge in [0.25, 0.3) is 0 Å². The molecule has 1 aliphatic heterocycles. The van der Waals surface area contributed by atoms with Crippen molar-refractivity contribution in [2.45, 2.75) is 0 Å². The fraction of sp³-hybridized carbons (Fsp3) is 0. The molecule has 0 aliphatic carbocycles. The number of aromatic nitrogens is 3. The van der Waals surface area contributed by atoms with Crippen molar-refractivity contribution in [3.63, 3.8) is 0 Å². The van der Waals surface area contributed by atoms with Crippen molar-refractivity contribution >= 4 is 12.3 Å². The molecule has 0 radical (unpaired) electrons. The highest BCUT2D eigenvalue weighted by Crippen LogP contribution is 1.93. The van der Waals surface area contributed by atoms with Crippen LogP contribution in [0.2, 0.25) is 0 Å². The average Bonchev–Trinajstić information content (AvgIpc) is 2.58. The van der Waals surface area contributed by atoms with Gasteiger partial charge >= 0.3 is 0 Å². The summed E-state index contributed by atoms with van der Waals surface area (Å²) in [7, 11) is 0. The van der Waals surface area contributed by atoms with Crippen LogP contribution in [0.1, 0.15) is 5.82 Å². The maximum atomic E-state index is 3.99. The quantitative estimate of drug-likeness (QED) is 0.594. The van der Waals surface area contributed by atoms with Gasteiger partial charge in [-0.3, -0.25) is 5.43 Å². The number of benzene rings is 1. The maximum absolute atomic E-state index is 3.99. The zero-order valence-corrected chi connectivity index (χ0v) is 7.38. The molecule has 0 bridgehead atoms. The lowest BCUT2D eigenvalue weighted by molar-refractivity contribution is 0.954. The third-order valence-electron chi connectivity index (χ3n) is 2.21. The molecule has 0 atom stereocenters. The van der Waals surface area contributed by atoms with Gasteiger partial charge in [0, 0.05) is 6.20 Å². The second kappa shape index (κ2) is 2.70. The number of fused-ring (bicyclic) bond motifs is 2. The molecule has 2 aromatic rings. The Bertz CT molecular complexity index is 582.